The van der Waals surface area contributed by atoms with Gasteiger partial charge in [-0.2, -0.15) is 10.2 Å². The molecule has 30 heavy (non-hydrogen) atoms. The summed E-state index contributed by atoms with van der Waals surface area (Å²) in [7, 11) is 0. The van der Waals surface area contributed by atoms with E-state index in [1.807, 2.05) is 35.0 Å². The summed E-state index contributed by atoms with van der Waals surface area (Å²) in [6.45, 7) is 0. The fourth-order valence-corrected chi connectivity index (χ4v) is 3.92. The van der Waals surface area contributed by atoms with Crippen LogP contribution >= 0.6 is 0 Å². The first-order valence-electron chi connectivity index (χ1n) is 10.1. The van der Waals surface area contributed by atoms with Crippen LogP contribution in [0.15, 0.2) is 61.3 Å². The number of para-hydroxylation sites is 1. The quantitative estimate of drug-likeness (QED) is 0.531. The molecule has 1 N–H and O–H groups in total. The lowest BCUT2D eigenvalue weighted by atomic mass is 10.1. The lowest BCUT2D eigenvalue weighted by Crippen LogP contribution is -2.17. The molecule has 5 rings (SSSR count). The maximum atomic E-state index is 13.3. The van der Waals surface area contributed by atoms with Gasteiger partial charge in [0.25, 0.3) is 5.91 Å². The van der Waals surface area contributed by atoms with Crippen molar-refractivity contribution in [2.45, 2.75) is 32.1 Å². The lowest BCUT2D eigenvalue weighted by Gasteiger charge is -2.09. The second-order valence-electron chi connectivity index (χ2n) is 7.25. The van der Waals surface area contributed by atoms with Crippen LogP contribution in [0.2, 0.25) is 0 Å². The molecule has 3 aromatic heterocycles. The maximum Gasteiger partial charge on any atom is 0.276 e. The molecule has 0 bridgehead atoms. The minimum atomic E-state index is -0.239. The summed E-state index contributed by atoms with van der Waals surface area (Å²) >= 11 is 0. The van der Waals surface area contributed by atoms with Crippen molar-refractivity contribution in [3.05, 3.63) is 78.3 Å². The number of hydrogen-bond acceptors (Lipinski definition) is 5. The van der Waals surface area contributed by atoms with Crippen LogP contribution in [0.25, 0.3) is 11.5 Å². The average molecular weight is 399 g/mol. The molecule has 1 aliphatic rings. The van der Waals surface area contributed by atoms with Gasteiger partial charge in [0.05, 0.1) is 11.4 Å². The second kappa shape index (κ2) is 7.90. The lowest BCUT2D eigenvalue weighted by molar-refractivity contribution is 0.102. The van der Waals surface area contributed by atoms with Crippen LogP contribution in [0, 0.1) is 0 Å². The number of benzene rings is 1. The fraction of sp³-hybridized carbons (Fsp3) is 0.227. The first-order valence-corrected chi connectivity index (χ1v) is 10.1. The number of nitrogens with zero attached hydrogens (tertiary/aromatic N) is 6. The molecule has 0 radical (unpaired) electrons. The Morgan fingerprint density at radius 1 is 1.00 bits per heavy atom. The van der Waals surface area contributed by atoms with Crippen molar-refractivity contribution in [2.75, 3.05) is 5.32 Å². The molecular weight excluding hydrogens is 378 g/mol. The van der Waals surface area contributed by atoms with Crippen LogP contribution in [0.4, 0.5) is 5.69 Å². The van der Waals surface area contributed by atoms with E-state index in [2.05, 4.69) is 20.4 Å². The van der Waals surface area contributed by atoms with E-state index in [4.69, 9.17) is 5.10 Å². The van der Waals surface area contributed by atoms with E-state index in [9.17, 15) is 4.79 Å². The summed E-state index contributed by atoms with van der Waals surface area (Å²) in [5.41, 5.74) is 4.18. The van der Waals surface area contributed by atoms with Gasteiger partial charge < -0.3 is 5.32 Å². The van der Waals surface area contributed by atoms with Crippen molar-refractivity contribution in [3.8, 4) is 11.5 Å². The number of amides is 1. The van der Waals surface area contributed by atoms with Gasteiger partial charge in [-0.15, -0.1) is 0 Å². The van der Waals surface area contributed by atoms with Gasteiger partial charge in [0.15, 0.2) is 11.5 Å². The Morgan fingerprint density at radius 2 is 1.87 bits per heavy atom. The summed E-state index contributed by atoms with van der Waals surface area (Å²) in [5, 5.41) is 11.9. The average Bonchev–Trinajstić information content (AvgIpc) is 3.37. The molecule has 1 amide bonds. The Kier molecular flexibility index (Phi) is 4.80. The molecule has 1 aromatic carbocycles. The Labute approximate surface area is 173 Å². The highest BCUT2D eigenvalue weighted by molar-refractivity contribution is 6.05. The van der Waals surface area contributed by atoms with Crippen LogP contribution in [0.1, 0.15) is 41.0 Å². The van der Waals surface area contributed by atoms with Gasteiger partial charge in [0, 0.05) is 17.5 Å². The topological polar surface area (TPSA) is 90.5 Å². The molecular formula is C22H21N7O. The maximum absolute atomic E-state index is 13.3. The van der Waals surface area contributed by atoms with Crippen molar-refractivity contribution >= 4 is 11.6 Å². The molecule has 0 spiro atoms. The van der Waals surface area contributed by atoms with Gasteiger partial charge in [0.1, 0.15) is 12.7 Å². The fourth-order valence-electron chi connectivity index (χ4n) is 3.92. The zero-order valence-corrected chi connectivity index (χ0v) is 16.4. The van der Waals surface area contributed by atoms with Crippen LogP contribution in [0.5, 0.6) is 0 Å². The largest absolute Gasteiger partial charge is 0.317 e. The highest BCUT2D eigenvalue weighted by atomic mass is 16.2. The summed E-state index contributed by atoms with van der Waals surface area (Å²) < 4.78 is 3.45. The third-order valence-electron chi connectivity index (χ3n) is 5.32. The first kappa shape index (κ1) is 18.2. The highest BCUT2D eigenvalue weighted by Gasteiger charge is 2.25. The predicted molar refractivity (Wildman–Crippen MR) is 112 cm³/mol. The number of carbonyl (C=O) groups is 1. The van der Waals surface area contributed by atoms with Gasteiger partial charge in [-0.25, -0.2) is 19.3 Å². The number of rotatable bonds is 4. The van der Waals surface area contributed by atoms with Crippen molar-refractivity contribution in [1.82, 2.24) is 29.5 Å². The first-order chi connectivity index (χ1) is 14.8. The Balaban J connectivity index is 1.54. The smallest absolute Gasteiger partial charge is 0.276 e. The van der Waals surface area contributed by atoms with E-state index in [1.54, 1.807) is 24.7 Å². The SMILES string of the molecule is O=C(Nc1cccnc1-n1cncn1)c1nn(-c2ccccc2)c2c1CCCCC2. The van der Waals surface area contributed by atoms with Crippen LogP contribution < -0.4 is 5.32 Å². The van der Waals surface area contributed by atoms with Crippen LogP contribution in [0.3, 0.4) is 0 Å². The van der Waals surface area contributed by atoms with E-state index in [1.165, 1.54) is 11.0 Å². The van der Waals surface area contributed by atoms with E-state index in [0.29, 0.717) is 17.2 Å². The summed E-state index contributed by atoms with van der Waals surface area (Å²) in [4.78, 5) is 21.6. The van der Waals surface area contributed by atoms with Gasteiger partial charge in [0.2, 0.25) is 0 Å². The number of hydrogen-bond donors (Lipinski definition) is 1. The molecule has 150 valence electrons. The standard InChI is InChI=1S/C22H21N7O/c30-22(26-18-11-7-13-24-21(18)28-15-23-14-25-28)20-17-10-5-2-6-12-19(17)29(27-20)16-8-3-1-4-9-16/h1,3-4,7-9,11,13-15H,2,5-6,10,12H2,(H,26,30). The third-order valence-corrected chi connectivity index (χ3v) is 5.32. The van der Waals surface area contributed by atoms with Gasteiger partial charge in [-0.3, -0.25) is 4.79 Å². The highest BCUT2D eigenvalue weighted by Crippen LogP contribution is 2.27. The molecule has 0 unspecified atom stereocenters. The normalized spacial score (nSPS) is 13.5. The summed E-state index contributed by atoms with van der Waals surface area (Å²) in [5.74, 6) is 0.272. The van der Waals surface area contributed by atoms with Crippen molar-refractivity contribution in [1.29, 1.82) is 0 Å². The number of aromatic nitrogens is 6. The molecule has 0 atom stereocenters. The molecule has 0 saturated heterocycles. The Bertz CT molecular complexity index is 1170. The number of carbonyl (C=O) groups excluding carboxylic acids is 1. The molecule has 4 aromatic rings. The number of anilines is 1. The second-order valence-corrected chi connectivity index (χ2v) is 7.25. The van der Waals surface area contributed by atoms with Crippen LogP contribution in [-0.2, 0) is 12.8 Å². The third kappa shape index (κ3) is 3.36. The minimum absolute atomic E-state index is 0.239. The summed E-state index contributed by atoms with van der Waals surface area (Å²) in [6.07, 6.45) is 9.73. The van der Waals surface area contributed by atoms with Gasteiger partial charge >= 0.3 is 0 Å². The molecule has 0 aliphatic heterocycles. The molecule has 8 heteroatoms. The van der Waals surface area contributed by atoms with Crippen molar-refractivity contribution in [3.63, 3.8) is 0 Å². The molecule has 0 fully saturated rings. The number of pyridine rings is 1. The molecule has 1 aliphatic carbocycles. The number of fused-ring (bicyclic) bond motifs is 1. The Morgan fingerprint density at radius 3 is 2.70 bits per heavy atom. The van der Waals surface area contributed by atoms with Gasteiger partial charge in [-0.05, 0) is 49.9 Å². The Hall–Kier alpha value is -3.81. The van der Waals surface area contributed by atoms with Crippen molar-refractivity contribution < 1.29 is 4.79 Å². The zero-order chi connectivity index (χ0) is 20.3. The monoisotopic (exact) mass is 399 g/mol. The minimum Gasteiger partial charge on any atom is -0.317 e. The van der Waals surface area contributed by atoms with Crippen molar-refractivity contribution in [2.24, 2.45) is 0 Å². The molecule has 0 saturated carbocycles. The summed E-state index contributed by atoms with van der Waals surface area (Å²) in [6, 6.07) is 13.6. The molecule has 8 nitrogen and oxygen atoms in total. The zero-order valence-electron chi connectivity index (χ0n) is 16.4. The van der Waals surface area contributed by atoms with E-state index in [0.717, 1.165) is 49.0 Å². The van der Waals surface area contributed by atoms with E-state index in [-0.39, 0.29) is 5.91 Å². The molecule has 3 heterocycles. The van der Waals surface area contributed by atoms with Gasteiger partial charge in [-0.1, -0.05) is 24.6 Å². The van der Waals surface area contributed by atoms with E-state index < -0.39 is 0 Å². The number of nitrogens with one attached hydrogen (secondary N) is 1. The predicted octanol–water partition coefficient (Wildman–Crippen LogP) is 3.37. The van der Waals surface area contributed by atoms with E-state index >= 15 is 0 Å². The van der Waals surface area contributed by atoms with Crippen LogP contribution in [-0.4, -0.2) is 35.4 Å².